The Labute approximate surface area is 133 Å². The van der Waals surface area contributed by atoms with E-state index >= 15 is 0 Å². The summed E-state index contributed by atoms with van der Waals surface area (Å²) in [6, 6.07) is 5.67. The van der Waals surface area contributed by atoms with Gasteiger partial charge in [-0.25, -0.2) is 0 Å². The van der Waals surface area contributed by atoms with Crippen LogP contribution in [0.3, 0.4) is 0 Å². The SMILES string of the molecule is Clc1cc(Cl)cc(Nc2nncc(NC3CCCC3)n2)c1. The molecule has 1 aromatic heterocycles. The van der Waals surface area contributed by atoms with Gasteiger partial charge in [-0.3, -0.25) is 0 Å². The number of nitrogens with zero attached hydrogens (tertiary/aromatic N) is 3. The quantitative estimate of drug-likeness (QED) is 0.879. The molecule has 110 valence electrons. The van der Waals surface area contributed by atoms with E-state index in [1.54, 1.807) is 24.4 Å². The molecule has 1 aromatic carbocycles. The van der Waals surface area contributed by atoms with Crippen LogP contribution in [0.25, 0.3) is 0 Å². The smallest absolute Gasteiger partial charge is 0.249 e. The van der Waals surface area contributed by atoms with E-state index in [0.29, 0.717) is 22.0 Å². The number of hydrogen-bond donors (Lipinski definition) is 2. The highest BCUT2D eigenvalue weighted by Crippen LogP contribution is 2.25. The fourth-order valence-electron chi connectivity index (χ4n) is 2.46. The summed E-state index contributed by atoms with van der Waals surface area (Å²) in [5, 5.41) is 15.5. The molecule has 0 saturated heterocycles. The largest absolute Gasteiger partial charge is 0.366 e. The van der Waals surface area contributed by atoms with Crippen molar-refractivity contribution in [2.75, 3.05) is 10.6 Å². The topological polar surface area (TPSA) is 62.7 Å². The number of rotatable bonds is 4. The van der Waals surface area contributed by atoms with Crippen LogP contribution in [0.5, 0.6) is 0 Å². The summed E-state index contributed by atoms with van der Waals surface area (Å²) >= 11 is 11.9. The first-order valence-corrected chi connectivity index (χ1v) is 7.64. The number of anilines is 3. The molecule has 1 heterocycles. The molecule has 0 amide bonds. The standard InChI is InChI=1S/C14H15Cl2N5/c15-9-5-10(16)7-12(6-9)19-14-20-13(8-17-21-14)18-11-3-1-2-4-11/h5-8,11H,1-4H2,(H2,18,19,20,21). The second kappa shape index (κ2) is 6.45. The van der Waals surface area contributed by atoms with Gasteiger partial charge in [-0.1, -0.05) is 36.0 Å². The van der Waals surface area contributed by atoms with Crippen molar-refractivity contribution < 1.29 is 0 Å². The monoisotopic (exact) mass is 323 g/mol. The molecule has 0 aliphatic heterocycles. The van der Waals surface area contributed by atoms with Crippen molar-refractivity contribution in [1.29, 1.82) is 0 Å². The lowest BCUT2D eigenvalue weighted by atomic mass is 10.2. The summed E-state index contributed by atoms with van der Waals surface area (Å²) in [6.45, 7) is 0. The van der Waals surface area contributed by atoms with Gasteiger partial charge in [-0.15, -0.1) is 5.10 Å². The van der Waals surface area contributed by atoms with Crippen molar-refractivity contribution in [3.05, 3.63) is 34.4 Å². The van der Waals surface area contributed by atoms with Crippen LogP contribution in [0.4, 0.5) is 17.5 Å². The van der Waals surface area contributed by atoms with E-state index in [4.69, 9.17) is 23.2 Å². The number of benzene rings is 1. The van der Waals surface area contributed by atoms with Crippen LogP contribution in [0, 0.1) is 0 Å². The molecular formula is C14H15Cl2N5. The highest BCUT2D eigenvalue weighted by atomic mass is 35.5. The molecule has 21 heavy (non-hydrogen) atoms. The maximum atomic E-state index is 5.97. The molecule has 0 spiro atoms. The third-order valence-corrected chi connectivity index (χ3v) is 3.82. The Morgan fingerprint density at radius 1 is 1.05 bits per heavy atom. The van der Waals surface area contributed by atoms with E-state index in [-0.39, 0.29) is 0 Å². The Morgan fingerprint density at radius 3 is 2.48 bits per heavy atom. The van der Waals surface area contributed by atoms with Crippen LogP contribution in [0.2, 0.25) is 10.0 Å². The van der Waals surface area contributed by atoms with Crippen LogP contribution in [-0.2, 0) is 0 Å². The molecular weight excluding hydrogens is 309 g/mol. The van der Waals surface area contributed by atoms with Gasteiger partial charge in [-0.05, 0) is 31.0 Å². The van der Waals surface area contributed by atoms with Gasteiger partial charge in [0.2, 0.25) is 5.95 Å². The summed E-state index contributed by atoms with van der Waals surface area (Å²) in [5.41, 5.74) is 0.729. The fraction of sp³-hybridized carbons (Fsp3) is 0.357. The third kappa shape index (κ3) is 3.95. The molecule has 2 aromatic rings. The van der Waals surface area contributed by atoms with E-state index in [2.05, 4.69) is 25.8 Å². The molecule has 1 aliphatic rings. The third-order valence-electron chi connectivity index (χ3n) is 3.38. The van der Waals surface area contributed by atoms with Crippen molar-refractivity contribution in [2.45, 2.75) is 31.7 Å². The van der Waals surface area contributed by atoms with E-state index in [0.717, 1.165) is 11.5 Å². The molecule has 0 atom stereocenters. The molecule has 2 N–H and O–H groups in total. The second-order valence-electron chi connectivity index (χ2n) is 5.07. The average molecular weight is 324 g/mol. The number of halogens is 2. The molecule has 1 aliphatic carbocycles. The zero-order chi connectivity index (χ0) is 14.7. The normalized spacial score (nSPS) is 15.1. The summed E-state index contributed by atoms with van der Waals surface area (Å²) < 4.78 is 0. The minimum absolute atomic E-state index is 0.413. The first-order valence-electron chi connectivity index (χ1n) is 6.88. The molecule has 0 unspecified atom stereocenters. The molecule has 5 nitrogen and oxygen atoms in total. The molecule has 3 rings (SSSR count). The summed E-state index contributed by atoms with van der Waals surface area (Å²) in [6.07, 6.45) is 6.52. The molecule has 0 bridgehead atoms. The highest BCUT2D eigenvalue weighted by Gasteiger charge is 2.15. The van der Waals surface area contributed by atoms with E-state index < -0.39 is 0 Å². The molecule has 0 radical (unpaired) electrons. The maximum Gasteiger partial charge on any atom is 0.249 e. The molecule has 1 saturated carbocycles. The van der Waals surface area contributed by atoms with Crippen LogP contribution < -0.4 is 10.6 Å². The van der Waals surface area contributed by atoms with E-state index in [1.165, 1.54) is 25.7 Å². The maximum absolute atomic E-state index is 5.97. The number of aromatic nitrogens is 3. The first kappa shape index (κ1) is 14.4. The van der Waals surface area contributed by atoms with Crippen LogP contribution in [0.15, 0.2) is 24.4 Å². The lowest BCUT2D eigenvalue weighted by Crippen LogP contribution is -2.16. The van der Waals surface area contributed by atoms with E-state index in [1.807, 2.05) is 0 Å². The zero-order valence-electron chi connectivity index (χ0n) is 11.3. The van der Waals surface area contributed by atoms with Crippen molar-refractivity contribution in [1.82, 2.24) is 15.2 Å². The van der Waals surface area contributed by atoms with Crippen molar-refractivity contribution in [3.8, 4) is 0 Å². The van der Waals surface area contributed by atoms with Gasteiger partial charge in [-0.2, -0.15) is 10.1 Å². The second-order valence-corrected chi connectivity index (χ2v) is 5.95. The number of hydrogen-bond acceptors (Lipinski definition) is 5. The minimum atomic E-state index is 0.413. The lowest BCUT2D eigenvalue weighted by Gasteiger charge is -2.12. The Bertz CT molecular complexity index is 608. The van der Waals surface area contributed by atoms with Crippen molar-refractivity contribution >= 4 is 40.7 Å². The fourth-order valence-corrected chi connectivity index (χ4v) is 2.99. The Hall–Kier alpha value is -1.59. The van der Waals surface area contributed by atoms with Gasteiger partial charge < -0.3 is 10.6 Å². The van der Waals surface area contributed by atoms with Gasteiger partial charge in [0.05, 0.1) is 6.20 Å². The average Bonchev–Trinajstić information content (AvgIpc) is 2.90. The summed E-state index contributed by atoms with van der Waals surface area (Å²) in [5.74, 6) is 1.14. The molecule has 7 heteroatoms. The predicted octanol–water partition coefficient (Wildman–Crippen LogP) is 4.28. The first-order chi connectivity index (χ1) is 10.2. The van der Waals surface area contributed by atoms with Crippen molar-refractivity contribution in [3.63, 3.8) is 0 Å². The van der Waals surface area contributed by atoms with Gasteiger partial charge >= 0.3 is 0 Å². The van der Waals surface area contributed by atoms with Gasteiger partial charge in [0.25, 0.3) is 0 Å². The number of nitrogens with one attached hydrogen (secondary N) is 2. The lowest BCUT2D eigenvalue weighted by molar-refractivity contribution is 0.747. The van der Waals surface area contributed by atoms with E-state index in [9.17, 15) is 0 Å². The van der Waals surface area contributed by atoms with Crippen LogP contribution >= 0.6 is 23.2 Å². The minimum Gasteiger partial charge on any atom is -0.366 e. The Kier molecular flexibility index (Phi) is 4.41. The van der Waals surface area contributed by atoms with Crippen LogP contribution in [0.1, 0.15) is 25.7 Å². The van der Waals surface area contributed by atoms with Crippen LogP contribution in [-0.4, -0.2) is 21.2 Å². The predicted molar refractivity (Wildman–Crippen MR) is 85.5 cm³/mol. The van der Waals surface area contributed by atoms with Gasteiger partial charge in [0, 0.05) is 21.8 Å². The van der Waals surface area contributed by atoms with Crippen molar-refractivity contribution in [2.24, 2.45) is 0 Å². The Morgan fingerprint density at radius 2 is 1.76 bits per heavy atom. The summed E-state index contributed by atoms with van der Waals surface area (Å²) in [7, 11) is 0. The highest BCUT2D eigenvalue weighted by molar-refractivity contribution is 6.35. The molecule has 1 fully saturated rings. The Balaban J connectivity index is 1.73. The zero-order valence-corrected chi connectivity index (χ0v) is 12.8. The van der Waals surface area contributed by atoms with Gasteiger partial charge in [0.15, 0.2) is 5.82 Å². The summed E-state index contributed by atoms with van der Waals surface area (Å²) in [4.78, 5) is 4.41. The van der Waals surface area contributed by atoms with Gasteiger partial charge in [0.1, 0.15) is 0 Å².